The van der Waals surface area contributed by atoms with Crippen LogP contribution in [0.5, 0.6) is 0 Å². The Morgan fingerprint density at radius 3 is 1.32 bits per heavy atom. The first-order chi connectivity index (χ1) is 8.89. The zero-order valence-corrected chi connectivity index (χ0v) is 14.7. The summed E-state index contributed by atoms with van der Waals surface area (Å²) < 4.78 is 1.46. The molecule has 0 aromatic heterocycles. The molecular formula is C18H27Ru. The summed E-state index contributed by atoms with van der Waals surface area (Å²) in [5.74, 6) is 0. The van der Waals surface area contributed by atoms with Crippen molar-refractivity contribution in [3.63, 3.8) is 0 Å². The molecule has 19 heavy (non-hydrogen) atoms. The van der Waals surface area contributed by atoms with Gasteiger partial charge in [0.15, 0.2) is 0 Å². The predicted molar refractivity (Wildman–Crippen MR) is 81.6 cm³/mol. The van der Waals surface area contributed by atoms with E-state index < -0.39 is 0 Å². The average molecular weight is 344 g/mol. The Balaban J connectivity index is 0.000000200. The van der Waals surface area contributed by atoms with Crippen LogP contribution in [-0.4, -0.2) is 0 Å². The molecule has 0 saturated heterocycles. The SMILES string of the molecule is C1=CCCC=CCC1.CC1=C(C)C(C)(C)[C]([Ru])=C1C. The summed E-state index contributed by atoms with van der Waals surface area (Å²) in [6.45, 7) is 11.2. The molecule has 0 bridgehead atoms. The van der Waals surface area contributed by atoms with Crippen molar-refractivity contribution in [3.05, 3.63) is 45.2 Å². The van der Waals surface area contributed by atoms with Gasteiger partial charge in [-0.15, -0.1) is 0 Å². The molecule has 107 valence electrons. The summed E-state index contributed by atoms with van der Waals surface area (Å²) >= 11 is 2.77. The zero-order chi connectivity index (χ0) is 14.5. The Morgan fingerprint density at radius 2 is 1.16 bits per heavy atom. The molecule has 0 aromatic carbocycles. The first-order valence-corrected chi connectivity index (χ1v) is 8.10. The first kappa shape index (κ1) is 16.6. The molecule has 0 fully saturated rings. The van der Waals surface area contributed by atoms with Gasteiger partial charge in [-0.3, -0.25) is 0 Å². The Bertz CT molecular complexity index is 379. The molecule has 0 heterocycles. The van der Waals surface area contributed by atoms with Gasteiger partial charge < -0.3 is 0 Å². The van der Waals surface area contributed by atoms with Crippen molar-refractivity contribution in [3.8, 4) is 0 Å². The van der Waals surface area contributed by atoms with Crippen LogP contribution < -0.4 is 0 Å². The van der Waals surface area contributed by atoms with Crippen molar-refractivity contribution in [1.29, 1.82) is 0 Å². The van der Waals surface area contributed by atoms with Gasteiger partial charge in [-0.2, -0.15) is 0 Å². The number of hydrogen-bond donors (Lipinski definition) is 0. The standard InChI is InChI=1S/C10H15.C8H12.Ru/c1-7-6-10(4,5)9(3)8(7)2;1-2-4-6-8-7-5-3-1;/h1-5H3;1-2,7-8H,3-6H2;. The molecule has 0 radical (unpaired) electrons. The number of allylic oxidation sites excluding steroid dienone is 8. The van der Waals surface area contributed by atoms with Crippen LogP contribution in [0, 0.1) is 5.41 Å². The fraction of sp³-hybridized carbons (Fsp3) is 0.556. The molecule has 2 rings (SSSR count). The third kappa shape index (κ3) is 4.28. The van der Waals surface area contributed by atoms with Crippen LogP contribution in [0.2, 0.25) is 0 Å². The van der Waals surface area contributed by atoms with E-state index in [1.807, 2.05) is 0 Å². The fourth-order valence-corrected chi connectivity index (χ4v) is 3.05. The predicted octanol–water partition coefficient (Wildman–Crippen LogP) is 5.86. The van der Waals surface area contributed by atoms with Crippen molar-refractivity contribution in [2.75, 3.05) is 0 Å². The molecule has 0 spiro atoms. The Morgan fingerprint density at radius 1 is 0.789 bits per heavy atom. The molecule has 2 aliphatic rings. The average Bonchev–Trinajstić information content (AvgIpc) is 2.45. The van der Waals surface area contributed by atoms with E-state index in [9.17, 15) is 0 Å². The third-order valence-electron chi connectivity index (χ3n) is 4.25. The summed E-state index contributed by atoms with van der Waals surface area (Å²) in [5.41, 5.74) is 4.74. The topological polar surface area (TPSA) is 0 Å². The van der Waals surface area contributed by atoms with E-state index in [-0.39, 0.29) is 5.41 Å². The quantitative estimate of drug-likeness (QED) is 0.381. The second-order valence-corrected chi connectivity index (χ2v) is 6.77. The fourth-order valence-electron chi connectivity index (χ4n) is 2.40. The molecule has 0 N–H and O–H groups in total. The van der Waals surface area contributed by atoms with Gasteiger partial charge in [-0.1, -0.05) is 24.3 Å². The van der Waals surface area contributed by atoms with Gasteiger partial charge in [-0.25, -0.2) is 0 Å². The van der Waals surface area contributed by atoms with Gasteiger partial charge in [0.05, 0.1) is 0 Å². The van der Waals surface area contributed by atoms with Crippen molar-refractivity contribution in [1.82, 2.24) is 0 Å². The molecule has 0 aliphatic heterocycles. The van der Waals surface area contributed by atoms with Crippen molar-refractivity contribution >= 4 is 0 Å². The number of rotatable bonds is 0. The van der Waals surface area contributed by atoms with Crippen LogP contribution in [0.1, 0.15) is 60.3 Å². The molecule has 1 heteroatoms. The van der Waals surface area contributed by atoms with Gasteiger partial charge in [0.1, 0.15) is 0 Å². The normalized spacial score (nSPS) is 22.0. The number of hydrogen-bond acceptors (Lipinski definition) is 0. The Kier molecular flexibility index (Phi) is 6.47. The molecule has 0 saturated carbocycles. The van der Waals surface area contributed by atoms with Crippen LogP contribution in [0.15, 0.2) is 45.2 Å². The molecule has 0 atom stereocenters. The summed E-state index contributed by atoms with van der Waals surface area (Å²) in [4.78, 5) is 0. The van der Waals surface area contributed by atoms with Crippen LogP contribution in [0.25, 0.3) is 0 Å². The molecule has 0 nitrogen and oxygen atoms in total. The Hall–Kier alpha value is -0.417. The minimum atomic E-state index is 0.283. The molecule has 0 amide bonds. The van der Waals surface area contributed by atoms with E-state index in [4.69, 9.17) is 0 Å². The second kappa shape index (κ2) is 7.39. The Labute approximate surface area is 129 Å². The summed E-state index contributed by atoms with van der Waals surface area (Å²) in [5, 5.41) is 0. The third-order valence-corrected chi connectivity index (χ3v) is 5.99. The summed E-state index contributed by atoms with van der Waals surface area (Å²) in [7, 11) is 0. The van der Waals surface area contributed by atoms with Crippen LogP contribution in [-0.2, 0) is 18.3 Å². The molecular weight excluding hydrogens is 317 g/mol. The van der Waals surface area contributed by atoms with E-state index in [0.717, 1.165) is 0 Å². The van der Waals surface area contributed by atoms with E-state index in [1.54, 1.807) is 0 Å². The van der Waals surface area contributed by atoms with Gasteiger partial charge in [-0.05, 0) is 25.7 Å². The summed E-state index contributed by atoms with van der Waals surface area (Å²) in [6, 6.07) is 0. The maximum atomic E-state index is 2.77. The van der Waals surface area contributed by atoms with Gasteiger partial charge in [0, 0.05) is 0 Å². The molecule has 2 aliphatic carbocycles. The molecule has 0 unspecified atom stereocenters. The van der Waals surface area contributed by atoms with Crippen LogP contribution in [0.4, 0.5) is 0 Å². The monoisotopic (exact) mass is 345 g/mol. The van der Waals surface area contributed by atoms with Crippen LogP contribution in [0.3, 0.4) is 0 Å². The molecule has 0 aromatic rings. The van der Waals surface area contributed by atoms with E-state index in [1.165, 1.54) is 46.6 Å². The summed E-state index contributed by atoms with van der Waals surface area (Å²) in [6.07, 6.45) is 14.0. The minimum absolute atomic E-state index is 0.283. The van der Waals surface area contributed by atoms with Gasteiger partial charge in [0.2, 0.25) is 0 Å². The van der Waals surface area contributed by atoms with Crippen molar-refractivity contribution in [2.24, 2.45) is 5.41 Å². The van der Waals surface area contributed by atoms with Crippen molar-refractivity contribution < 1.29 is 18.3 Å². The zero-order valence-electron chi connectivity index (χ0n) is 13.0. The second-order valence-electron chi connectivity index (χ2n) is 5.90. The van der Waals surface area contributed by atoms with E-state index in [2.05, 4.69) is 77.2 Å². The maximum absolute atomic E-state index is 2.77. The van der Waals surface area contributed by atoms with Crippen molar-refractivity contribution in [2.45, 2.75) is 60.3 Å². The van der Waals surface area contributed by atoms with Gasteiger partial charge in [0.25, 0.3) is 0 Å². The van der Waals surface area contributed by atoms with Gasteiger partial charge >= 0.3 is 79.2 Å². The van der Waals surface area contributed by atoms with Crippen LogP contribution >= 0.6 is 0 Å². The van der Waals surface area contributed by atoms with E-state index in [0.29, 0.717) is 0 Å². The first-order valence-electron chi connectivity index (χ1n) is 7.23. The van der Waals surface area contributed by atoms with E-state index >= 15 is 0 Å².